The van der Waals surface area contributed by atoms with Crippen molar-refractivity contribution in [1.82, 2.24) is 4.98 Å². The van der Waals surface area contributed by atoms with E-state index in [1.807, 2.05) is 24.3 Å². The molecule has 2 N–H and O–H groups in total. The molecule has 112 valence electrons. The zero-order valence-electron chi connectivity index (χ0n) is 12.3. The van der Waals surface area contributed by atoms with Gasteiger partial charge in [0, 0.05) is 5.56 Å². The first kappa shape index (κ1) is 14.5. The van der Waals surface area contributed by atoms with Crippen LogP contribution in [0.4, 0.5) is 5.13 Å². The lowest BCUT2D eigenvalue weighted by atomic mass is 10.0. The number of rotatable bonds is 3. The fourth-order valence-electron chi connectivity index (χ4n) is 2.16. The third kappa shape index (κ3) is 2.94. The van der Waals surface area contributed by atoms with Crippen molar-refractivity contribution in [1.29, 1.82) is 0 Å². The van der Waals surface area contributed by atoms with Gasteiger partial charge in [0.2, 0.25) is 0 Å². The van der Waals surface area contributed by atoms with E-state index in [4.69, 9.17) is 0 Å². The zero-order valence-corrected chi connectivity index (χ0v) is 13.1. The highest BCUT2D eigenvalue weighted by Crippen LogP contribution is 2.29. The predicted octanol–water partition coefficient (Wildman–Crippen LogP) is 4.38. The molecule has 3 aromatic rings. The van der Waals surface area contributed by atoms with Gasteiger partial charge in [0.05, 0.1) is 10.2 Å². The first-order valence-corrected chi connectivity index (χ1v) is 7.85. The average Bonchev–Trinajstić information content (AvgIpc) is 2.88. The lowest BCUT2D eigenvalue weighted by molar-refractivity contribution is 0.102. The van der Waals surface area contributed by atoms with Gasteiger partial charge in [0.15, 0.2) is 5.13 Å². The number of fused-ring (bicyclic) bond motifs is 1. The summed E-state index contributed by atoms with van der Waals surface area (Å²) in [5.41, 5.74) is 2.56. The largest absolute Gasteiger partial charge is 0.508 e. The van der Waals surface area contributed by atoms with Crippen molar-refractivity contribution >= 4 is 32.6 Å². The van der Waals surface area contributed by atoms with Gasteiger partial charge in [-0.3, -0.25) is 10.1 Å². The Bertz CT molecular complexity index is 822. The van der Waals surface area contributed by atoms with Crippen molar-refractivity contribution in [3.05, 3.63) is 53.6 Å². The van der Waals surface area contributed by atoms with Crippen LogP contribution in [-0.4, -0.2) is 16.0 Å². The second kappa shape index (κ2) is 5.77. The standard InChI is InChI=1S/C17H16N2O2S/c1-10(2)11-3-5-12(6-4-11)16(21)19-17-18-14-8-7-13(20)9-15(14)22-17/h3-10,20H,1-2H3,(H,18,19,21). The summed E-state index contributed by atoms with van der Waals surface area (Å²) in [6.07, 6.45) is 0. The first-order chi connectivity index (χ1) is 10.5. The van der Waals surface area contributed by atoms with E-state index < -0.39 is 0 Å². The molecule has 2 aromatic carbocycles. The molecular formula is C17H16N2O2S. The summed E-state index contributed by atoms with van der Waals surface area (Å²) in [4.78, 5) is 16.6. The summed E-state index contributed by atoms with van der Waals surface area (Å²) >= 11 is 1.34. The van der Waals surface area contributed by atoms with Gasteiger partial charge in [-0.25, -0.2) is 4.98 Å². The van der Waals surface area contributed by atoms with Gasteiger partial charge in [-0.1, -0.05) is 37.3 Å². The SMILES string of the molecule is CC(C)c1ccc(C(=O)Nc2nc3ccc(O)cc3s2)cc1. The number of aromatic hydroxyl groups is 1. The van der Waals surface area contributed by atoms with Gasteiger partial charge in [-0.15, -0.1) is 0 Å². The minimum absolute atomic E-state index is 0.182. The summed E-state index contributed by atoms with van der Waals surface area (Å²) in [6.45, 7) is 4.23. The molecule has 22 heavy (non-hydrogen) atoms. The van der Waals surface area contributed by atoms with Crippen LogP contribution >= 0.6 is 11.3 Å². The number of amides is 1. The second-order valence-corrected chi connectivity index (χ2v) is 6.43. The maximum atomic E-state index is 12.2. The molecule has 0 unspecified atom stereocenters. The number of hydrogen-bond acceptors (Lipinski definition) is 4. The highest BCUT2D eigenvalue weighted by molar-refractivity contribution is 7.22. The Hall–Kier alpha value is -2.40. The molecule has 0 radical (unpaired) electrons. The number of nitrogens with zero attached hydrogens (tertiary/aromatic N) is 1. The quantitative estimate of drug-likeness (QED) is 0.754. The molecular weight excluding hydrogens is 296 g/mol. The summed E-state index contributed by atoms with van der Waals surface area (Å²) < 4.78 is 0.838. The van der Waals surface area contributed by atoms with Crippen LogP contribution in [0, 0.1) is 0 Å². The monoisotopic (exact) mass is 312 g/mol. The molecule has 0 atom stereocenters. The summed E-state index contributed by atoms with van der Waals surface area (Å²) in [5, 5.41) is 12.8. The van der Waals surface area contributed by atoms with Crippen LogP contribution in [0.2, 0.25) is 0 Å². The molecule has 1 aromatic heterocycles. The van der Waals surface area contributed by atoms with E-state index >= 15 is 0 Å². The highest BCUT2D eigenvalue weighted by Gasteiger charge is 2.10. The molecule has 1 heterocycles. The van der Waals surface area contributed by atoms with Crippen LogP contribution in [0.25, 0.3) is 10.2 Å². The number of thiazole rings is 1. The van der Waals surface area contributed by atoms with Crippen LogP contribution in [0.5, 0.6) is 5.75 Å². The lowest BCUT2D eigenvalue weighted by Crippen LogP contribution is -2.11. The molecule has 5 heteroatoms. The summed E-state index contributed by atoms with van der Waals surface area (Å²) in [6, 6.07) is 12.5. The van der Waals surface area contributed by atoms with E-state index in [2.05, 4.69) is 24.1 Å². The van der Waals surface area contributed by atoms with Crippen molar-refractivity contribution in [2.45, 2.75) is 19.8 Å². The Kier molecular flexibility index (Phi) is 3.81. The molecule has 0 aliphatic heterocycles. The molecule has 0 aliphatic rings. The van der Waals surface area contributed by atoms with Gasteiger partial charge < -0.3 is 5.11 Å². The number of hydrogen-bond donors (Lipinski definition) is 2. The number of carbonyl (C=O) groups is 1. The number of nitrogens with one attached hydrogen (secondary N) is 1. The Morgan fingerprint density at radius 3 is 2.59 bits per heavy atom. The van der Waals surface area contributed by atoms with E-state index in [1.165, 1.54) is 16.9 Å². The molecule has 1 amide bonds. The van der Waals surface area contributed by atoms with Crippen LogP contribution in [0.15, 0.2) is 42.5 Å². The third-order valence-electron chi connectivity index (χ3n) is 3.43. The third-order valence-corrected chi connectivity index (χ3v) is 4.37. The van der Waals surface area contributed by atoms with Crippen molar-refractivity contribution in [2.75, 3.05) is 5.32 Å². The van der Waals surface area contributed by atoms with Crippen LogP contribution in [-0.2, 0) is 0 Å². The fourth-order valence-corrected chi connectivity index (χ4v) is 3.05. The Balaban J connectivity index is 1.80. The molecule has 0 bridgehead atoms. The van der Waals surface area contributed by atoms with Gasteiger partial charge in [0.1, 0.15) is 5.75 Å². The smallest absolute Gasteiger partial charge is 0.257 e. The number of benzene rings is 2. The minimum atomic E-state index is -0.182. The molecule has 0 aliphatic carbocycles. The van der Waals surface area contributed by atoms with Crippen molar-refractivity contribution in [3.63, 3.8) is 0 Å². The predicted molar refractivity (Wildman–Crippen MR) is 89.8 cm³/mol. The average molecular weight is 312 g/mol. The molecule has 0 saturated carbocycles. The maximum absolute atomic E-state index is 12.2. The van der Waals surface area contributed by atoms with Crippen LogP contribution in [0.1, 0.15) is 35.7 Å². The van der Waals surface area contributed by atoms with Crippen molar-refractivity contribution < 1.29 is 9.90 Å². The van der Waals surface area contributed by atoms with Crippen LogP contribution in [0.3, 0.4) is 0 Å². The van der Waals surface area contributed by atoms with Crippen molar-refractivity contribution in [2.24, 2.45) is 0 Å². The zero-order chi connectivity index (χ0) is 15.7. The van der Waals surface area contributed by atoms with Crippen LogP contribution < -0.4 is 5.32 Å². The number of anilines is 1. The van der Waals surface area contributed by atoms with E-state index in [0.29, 0.717) is 16.6 Å². The number of phenols is 1. The highest BCUT2D eigenvalue weighted by atomic mass is 32.1. The second-order valence-electron chi connectivity index (χ2n) is 5.40. The molecule has 3 rings (SSSR count). The maximum Gasteiger partial charge on any atom is 0.257 e. The normalized spacial score (nSPS) is 11.0. The van der Waals surface area contributed by atoms with E-state index in [9.17, 15) is 9.90 Å². The lowest BCUT2D eigenvalue weighted by Gasteiger charge is -2.06. The van der Waals surface area contributed by atoms with Crippen molar-refractivity contribution in [3.8, 4) is 5.75 Å². The van der Waals surface area contributed by atoms with Gasteiger partial charge >= 0.3 is 0 Å². The van der Waals surface area contributed by atoms with E-state index in [1.54, 1.807) is 18.2 Å². The molecule has 0 saturated heterocycles. The van der Waals surface area contributed by atoms with E-state index in [0.717, 1.165) is 10.2 Å². The fraction of sp³-hybridized carbons (Fsp3) is 0.176. The number of aromatic nitrogens is 1. The first-order valence-electron chi connectivity index (χ1n) is 7.04. The number of phenolic OH excluding ortho intramolecular Hbond substituents is 1. The molecule has 0 fully saturated rings. The summed E-state index contributed by atoms with van der Waals surface area (Å²) in [7, 11) is 0. The molecule has 0 spiro atoms. The number of carbonyl (C=O) groups excluding carboxylic acids is 1. The van der Waals surface area contributed by atoms with Gasteiger partial charge in [-0.2, -0.15) is 0 Å². The van der Waals surface area contributed by atoms with Gasteiger partial charge in [0.25, 0.3) is 5.91 Å². The van der Waals surface area contributed by atoms with E-state index in [-0.39, 0.29) is 11.7 Å². The molecule has 4 nitrogen and oxygen atoms in total. The Morgan fingerprint density at radius 1 is 1.18 bits per heavy atom. The topological polar surface area (TPSA) is 62.2 Å². The minimum Gasteiger partial charge on any atom is -0.508 e. The Labute approximate surface area is 132 Å². The van der Waals surface area contributed by atoms with Gasteiger partial charge in [-0.05, 0) is 41.8 Å². The Morgan fingerprint density at radius 2 is 1.91 bits per heavy atom. The summed E-state index contributed by atoms with van der Waals surface area (Å²) in [5.74, 6) is 0.450.